The minimum Gasteiger partial charge on any atom is -0.326 e. The quantitative estimate of drug-likeness (QED) is 0.838. The largest absolute Gasteiger partial charge is 0.326 e. The molecule has 0 amide bonds. The lowest BCUT2D eigenvalue weighted by molar-refractivity contribution is 0.660. The van der Waals surface area contributed by atoms with Gasteiger partial charge >= 0.3 is 0 Å². The predicted octanol–water partition coefficient (Wildman–Crippen LogP) is 3.51. The third-order valence-corrected chi connectivity index (χ3v) is 3.74. The van der Waals surface area contributed by atoms with E-state index in [4.69, 9.17) is 0 Å². The molecule has 0 saturated carbocycles. The van der Waals surface area contributed by atoms with E-state index in [9.17, 15) is 0 Å². The Morgan fingerprint density at radius 3 is 2.63 bits per heavy atom. The van der Waals surface area contributed by atoms with Crippen LogP contribution in [0.25, 0.3) is 0 Å². The highest BCUT2D eigenvalue weighted by atomic mass is 15.2. The molecule has 3 heteroatoms. The highest BCUT2D eigenvalue weighted by molar-refractivity contribution is 5.63. The Morgan fingerprint density at radius 2 is 1.84 bits per heavy atom. The van der Waals surface area contributed by atoms with Crippen molar-refractivity contribution >= 4 is 11.5 Å². The molecule has 0 unspecified atom stereocenters. The van der Waals surface area contributed by atoms with E-state index in [0.717, 1.165) is 25.2 Å². The summed E-state index contributed by atoms with van der Waals surface area (Å²) in [6, 6.07) is 10.5. The monoisotopic (exact) mass is 253 g/mol. The zero-order valence-corrected chi connectivity index (χ0v) is 11.3. The number of nitrogens with zero attached hydrogens (tertiary/aromatic N) is 3. The Balaban J connectivity index is 2.05. The molecule has 1 aromatic heterocycles. The Kier molecular flexibility index (Phi) is 3.45. The van der Waals surface area contributed by atoms with E-state index in [1.807, 2.05) is 6.07 Å². The van der Waals surface area contributed by atoms with E-state index in [-0.39, 0.29) is 0 Å². The molecule has 1 heterocycles. The highest BCUT2D eigenvalue weighted by Crippen LogP contribution is 2.31. The molecule has 0 fully saturated rings. The van der Waals surface area contributed by atoms with Gasteiger partial charge in [0.1, 0.15) is 12.1 Å². The van der Waals surface area contributed by atoms with Gasteiger partial charge in [0.15, 0.2) is 0 Å². The van der Waals surface area contributed by atoms with Gasteiger partial charge in [-0.3, -0.25) is 0 Å². The Morgan fingerprint density at radius 1 is 1.05 bits per heavy atom. The SMILES string of the molecule is CCN(c1ccccc1)c1ncnc2c1CCCC2. The van der Waals surface area contributed by atoms with E-state index in [0.29, 0.717) is 0 Å². The van der Waals surface area contributed by atoms with Gasteiger partial charge < -0.3 is 4.90 Å². The van der Waals surface area contributed by atoms with Gasteiger partial charge in [-0.05, 0) is 44.7 Å². The smallest absolute Gasteiger partial charge is 0.139 e. The van der Waals surface area contributed by atoms with Crippen molar-refractivity contribution in [1.29, 1.82) is 0 Å². The topological polar surface area (TPSA) is 29.0 Å². The summed E-state index contributed by atoms with van der Waals surface area (Å²) in [5.41, 5.74) is 3.79. The number of hydrogen-bond acceptors (Lipinski definition) is 3. The molecule has 1 aliphatic rings. The molecule has 3 nitrogen and oxygen atoms in total. The van der Waals surface area contributed by atoms with Crippen LogP contribution in [0.4, 0.5) is 11.5 Å². The second-order valence-electron chi connectivity index (χ2n) is 4.91. The molecule has 0 bridgehead atoms. The summed E-state index contributed by atoms with van der Waals surface area (Å²) in [5.74, 6) is 1.10. The first-order valence-electron chi connectivity index (χ1n) is 7.05. The van der Waals surface area contributed by atoms with Crippen molar-refractivity contribution in [2.45, 2.75) is 32.6 Å². The molecular formula is C16H19N3. The average molecular weight is 253 g/mol. The van der Waals surface area contributed by atoms with Gasteiger partial charge in [-0.2, -0.15) is 0 Å². The summed E-state index contributed by atoms with van der Waals surface area (Å²) in [5, 5.41) is 0. The summed E-state index contributed by atoms with van der Waals surface area (Å²) in [4.78, 5) is 11.3. The first kappa shape index (κ1) is 12.2. The van der Waals surface area contributed by atoms with Gasteiger partial charge in [0, 0.05) is 23.5 Å². The summed E-state index contributed by atoms with van der Waals surface area (Å²) in [7, 11) is 0. The highest BCUT2D eigenvalue weighted by Gasteiger charge is 2.19. The molecule has 98 valence electrons. The molecule has 0 N–H and O–H groups in total. The maximum Gasteiger partial charge on any atom is 0.139 e. The Labute approximate surface area is 114 Å². The third kappa shape index (κ3) is 2.33. The molecule has 0 radical (unpaired) electrons. The molecule has 1 aliphatic carbocycles. The number of rotatable bonds is 3. The minimum atomic E-state index is 0.924. The van der Waals surface area contributed by atoms with Crippen LogP contribution in [0.15, 0.2) is 36.7 Å². The minimum absolute atomic E-state index is 0.924. The fourth-order valence-corrected chi connectivity index (χ4v) is 2.80. The van der Waals surface area contributed by atoms with Crippen LogP contribution in [0.2, 0.25) is 0 Å². The standard InChI is InChI=1S/C16H19N3/c1-2-19(13-8-4-3-5-9-13)16-14-10-6-7-11-15(14)17-12-18-16/h3-5,8-9,12H,2,6-7,10-11H2,1H3. The van der Waals surface area contributed by atoms with Crippen molar-refractivity contribution in [3.8, 4) is 0 Å². The van der Waals surface area contributed by atoms with E-state index in [1.165, 1.54) is 29.8 Å². The van der Waals surface area contributed by atoms with Crippen molar-refractivity contribution in [2.75, 3.05) is 11.4 Å². The van der Waals surface area contributed by atoms with E-state index in [2.05, 4.69) is 46.1 Å². The van der Waals surface area contributed by atoms with Crippen LogP contribution in [0.5, 0.6) is 0 Å². The average Bonchev–Trinajstić information content (AvgIpc) is 2.49. The first-order valence-corrected chi connectivity index (χ1v) is 7.05. The normalized spacial score (nSPS) is 13.9. The van der Waals surface area contributed by atoms with Gasteiger partial charge in [-0.25, -0.2) is 9.97 Å². The summed E-state index contributed by atoms with van der Waals surface area (Å²) in [6.45, 7) is 3.10. The molecular weight excluding hydrogens is 234 g/mol. The summed E-state index contributed by atoms with van der Waals surface area (Å²) in [6.07, 6.45) is 6.41. The van der Waals surface area contributed by atoms with Gasteiger partial charge in [0.25, 0.3) is 0 Å². The van der Waals surface area contributed by atoms with Crippen molar-refractivity contribution in [2.24, 2.45) is 0 Å². The van der Waals surface area contributed by atoms with Crippen LogP contribution in [0, 0.1) is 0 Å². The molecule has 0 aliphatic heterocycles. The number of anilines is 2. The third-order valence-electron chi connectivity index (χ3n) is 3.74. The fraction of sp³-hybridized carbons (Fsp3) is 0.375. The van der Waals surface area contributed by atoms with Crippen LogP contribution in [0.1, 0.15) is 31.0 Å². The maximum atomic E-state index is 4.55. The first-order chi connectivity index (χ1) is 9.40. The fourth-order valence-electron chi connectivity index (χ4n) is 2.80. The van der Waals surface area contributed by atoms with Crippen LogP contribution in [-0.4, -0.2) is 16.5 Å². The molecule has 19 heavy (non-hydrogen) atoms. The second kappa shape index (κ2) is 5.39. The van der Waals surface area contributed by atoms with Crippen LogP contribution in [-0.2, 0) is 12.8 Å². The van der Waals surface area contributed by atoms with Gasteiger partial charge in [-0.1, -0.05) is 18.2 Å². The molecule has 0 spiro atoms. The molecule has 3 rings (SSSR count). The van der Waals surface area contributed by atoms with Crippen LogP contribution in [0.3, 0.4) is 0 Å². The van der Waals surface area contributed by atoms with Gasteiger partial charge in [-0.15, -0.1) is 0 Å². The number of fused-ring (bicyclic) bond motifs is 1. The van der Waals surface area contributed by atoms with Crippen molar-refractivity contribution in [3.05, 3.63) is 47.9 Å². The molecule has 1 aromatic carbocycles. The van der Waals surface area contributed by atoms with E-state index < -0.39 is 0 Å². The lowest BCUT2D eigenvalue weighted by Crippen LogP contribution is -2.21. The molecule has 0 atom stereocenters. The lowest BCUT2D eigenvalue weighted by atomic mass is 9.96. The van der Waals surface area contributed by atoms with E-state index >= 15 is 0 Å². The van der Waals surface area contributed by atoms with Crippen molar-refractivity contribution in [1.82, 2.24) is 9.97 Å². The molecule has 2 aromatic rings. The number of aryl methyl sites for hydroxylation is 1. The van der Waals surface area contributed by atoms with Gasteiger partial charge in [0.05, 0.1) is 0 Å². The zero-order valence-electron chi connectivity index (χ0n) is 11.3. The Hall–Kier alpha value is -1.90. The van der Waals surface area contributed by atoms with Crippen molar-refractivity contribution < 1.29 is 0 Å². The summed E-state index contributed by atoms with van der Waals surface area (Å²) >= 11 is 0. The van der Waals surface area contributed by atoms with Crippen LogP contribution < -0.4 is 4.90 Å². The number of para-hydroxylation sites is 1. The maximum absolute atomic E-state index is 4.55. The molecule has 0 saturated heterocycles. The van der Waals surface area contributed by atoms with Gasteiger partial charge in [0.2, 0.25) is 0 Å². The number of hydrogen-bond donors (Lipinski definition) is 0. The number of benzene rings is 1. The lowest BCUT2D eigenvalue weighted by Gasteiger charge is -2.27. The summed E-state index contributed by atoms with van der Waals surface area (Å²) < 4.78 is 0. The van der Waals surface area contributed by atoms with E-state index in [1.54, 1.807) is 6.33 Å². The zero-order chi connectivity index (χ0) is 13.1. The Bertz CT molecular complexity index is 551. The predicted molar refractivity (Wildman–Crippen MR) is 77.8 cm³/mol. The van der Waals surface area contributed by atoms with Crippen LogP contribution >= 0.6 is 0 Å². The number of aromatic nitrogens is 2. The van der Waals surface area contributed by atoms with Crippen molar-refractivity contribution in [3.63, 3.8) is 0 Å². The second-order valence-corrected chi connectivity index (χ2v) is 4.91.